The Labute approximate surface area is 193 Å². The summed E-state index contributed by atoms with van der Waals surface area (Å²) < 4.78 is 66.7. The van der Waals surface area contributed by atoms with Crippen LogP contribution in [-0.2, 0) is 16.0 Å². The van der Waals surface area contributed by atoms with Crippen LogP contribution < -0.4 is 0 Å². The van der Waals surface area contributed by atoms with E-state index < -0.39 is 21.6 Å². The zero-order chi connectivity index (χ0) is 23.8. The second kappa shape index (κ2) is 6.90. The molecule has 168 valence electrons. The Morgan fingerprint density at radius 2 is 1.47 bits per heavy atom. The minimum atomic E-state index is -4.63. The van der Waals surface area contributed by atoms with Crippen molar-refractivity contribution in [2.45, 2.75) is 22.9 Å². The molecule has 0 aliphatic carbocycles. The first kappa shape index (κ1) is 20.9. The summed E-state index contributed by atoms with van der Waals surface area (Å²) in [5.41, 5.74) is 2.56. The maximum Gasteiger partial charge on any atom is 0.416 e. The highest BCUT2D eigenvalue weighted by molar-refractivity contribution is 7.92. The maximum absolute atomic E-state index is 13.5. The zero-order valence-corrected chi connectivity index (χ0v) is 18.6. The molecule has 4 aromatic carbocycles. The molecule has 0 fully saturated rings. The molecule has 0 saturated heterocycles. The Bertz CT molecular complexity index is 1770. The van der Waals surface area contributed by atoms with Crippen molar-refractivity contribution in [2.75, 3.05) is 0 Å². The molecule has 1 aliphatic rings. The second-order valence-electron chi connectivity index (χ2n) is 8.44. The third kappa shape index (κ3) is 2.90. The lowest BCUT2D eigenvalue weighted by Crippen LogP contribution is -2.06. The standard InChI is InChI=1S/C27H16F3NO2S/c1-15-3-2-4-16(13-15)25-21-8-10-22-18(19(21)11-12-31-25)7-9-23-20-6-5-17(27(28,29)30)14-24(20)34(32,33)26(22)23/h2-14H,1H3. The van der Waals surface area contributed by atoms with Crippen LogP contribution in [0.25, 0.3) is 43.9 Å². The van der Waals surface area contributed by atoms with E-state index in [1.807, 2.05) is 49.4 Å². The molecule has 0 spiro atoms. The number of nitrogens with zero attached hydrogens (tertiary/aromatic N) is 1. The van der Waals surface area contributed by atoms with Crippen molar-refractivity contribution in [1.29, 1.82) is 0 Å². The van der Waals surface area contributed by atoms with Gasteiger partial charge in [-0.1, -0.05) is 54.1 Å². The first-order valence-corrected chi connectivity index (χ1v) is 12.0. The SMILES string of the molecule is Cc1cccc(-c2nccc3c2ccc2c4c(ccc23)-c2ccc(C(F)(F)F)cc2S4(=O)=O)c1. The van der Waals surface area contributed by atoms with Gasteiger partial charge in [-0.2, -0.15) is 13.2 Å². The average molecular weight is 475 g/mol. The fourth-order valence-corrected chi connectivity index (χ4v) is 6.73. The molecule has 0 N–H and O–H groups in total. The normalized spacial score (nSPS) is 14.4. The van der Waals surface area contributed by atoms with Crippen molar-refractivity contribution in [3.05, 3.63) is 90.1 Å². The molecule has 0 unspecified atom stereocenters. The van der Waals surface area contributed by atoms with E-state index in [0.717, 1.165) is 39.7 Å². The molecule has 1 aromatic heterocycles. The Morgan fingerprint density at radius 1 is 0.765 bits per heavy atom. The highest BCUT2D eigenvalue weighted by Gasteiger charge is 2.38. The van der Waals surface area contributed by atoms with Crippen molar-refractivity contribution in [1.82, 2.24) is 4.98 Å². The monoisotopic (exact) mass is 475 g/mol. The number of pyridine rings is 1. The minimum absolute atomic E-state index is 0.0511. The highest BCUT2D eigenvalue weighted by atomic mass is 32.2. The molecule has 6 rings (SSSR count). The fourth-order valence-electron chi connectivity index (χ4n) is 4.82. The maximum atomic E-state index is 13.5. The molecule has 5 aromatic rings. The molecule has 2 heterocycles. The smallest absolute Gasteiger partial charge is 0.256 e. The first-order chi connectivity index (χ1) is 16.2. The number of aryl methyl sites for hydroxylation is 1. The van der Waals surface area contributed by atoms with Crippen molar-refractivity contribution in [2.24, 2.45) is 0 Å². The predicted molar refractivity (Wildman–Crippen MR) is 125 cm³/mol. The lowest BCUT2D eigenvalue weighted by molar-refractivity contribution is -0.137. The van der Waals surface area contributed by atoms with Gasteiger partial charge >= 0.3 is 6.18 Å². The lowest BCUT2D eigenvalue weighted by Gasteiger charge is -2.11. The average Bonchev–Trinajstić information content (AvgIpc) is 3.04. The Balaban J connectivity index is 1.63. The van der Waals surface area contributed by atoms with E-state index in [9.17, 15) is 21.6 Å². The van der Waals surface area contributed by atoms with Gasteiger partial charge < -0.3 is 0 Å². The summed E-state index contributed by atoms with van der Waals surface area (Å²) in [4.78, 5) is 4.31. The molecule has 3 nitrogen and oxygen atoms in total. The number of benzene rings is 4. The fraction of sp³-hybridized carbons (Fsp3) is 0.0741. The van der Waals surface area contributed by atoms with Crippen LogP contribution in [-0.4, -0.2) is 13.4 Å². The van der Waals surface area contributed by atoms with Crippen LogP contribution in [0, 0.1) is 6.92 Å². The van der Waals surface area contributed by atoms with Crippen LogP contribution in [0.1, 0.15) is 11.1 Å². The van der Waals surface area contributed by atoms with Crippen LogP contribution in [0.5, 0.6) is 0 Å². The van der Waals surface area contributed by atoms with Gasteiger partial charge in [-0.25, -0.2) is 8.42 Å². The van der Waals surface area contributed by atoms with E-state index in [4.69, 9.17) is 0 Å². The number of fused-ring (bicyclic) bond motifs is 7. The number of sulfone groups is 1. The molecule has 7 heteroatoms. The van der Waals surface area contributed by atoms with Crippen LogP contribution in [0.15, 0.2) is 88.8 Å². The summed E-state index contributed by atoms with van der Waals surface area (Å²) in [5, 5.41) is 2.89. The zero-order valence-electron chi connectivity index (χ0n) is 17.8. The molecule has 34 heavy (non-hydrogen) atoms. The summed E-state index contributed by atoms with van der Waals surface area (Å²) in [5.74, 6) is 0. The molecule has 1 aliphatic heterocycles. The third-order valence-electron chi connectivity index (χ3n) is 6.34. The number of halogens is 3. The molecule has 0 amide bonds. The highest BCUT2D eigenvalue weighted by Crippen LogP contribution is 2.49. The second-order valence-corrected chi connectivity index (χ2v) is 10.3. The Morgan fingerprint density at radius 3 is 2.24 bits per heavy atom. The van der Waals surface area contributed by atoms with Gasteiger partial charge in [0.2, 0.25) is 9.84 Å². The van der Waals surface area contributed by atoms with Gasteiger partial charge in [0.05, 0.1) is 21.0 Å². The van der Waals surface area contributed by atoms with E-state index in [-0.39, 0.29) is 9.79 Å². The minimum Gasteiger partial charge on any atom is -0.256 e. The molecule has 0 radical (unpaired) electrons. The predicted octanol–water partition coefficient (Wildman–Crippen LogP) is 7.20. The molecule has 0 saturated carbocycles. The van der Waals surface area contributed by atoms with Gasteiger partial charge in [0.1, 0.15) is 0 Å². The van der Waals surface area contributed by atoms with Gasteiger partial charge in [0, 0.05) is 33.7 Å². The van der Waals surface area contributed by atoms with Crippen LogP contribution in [0.4, 0.5) is 13.2 Å². The summed E-state index contributed by atoms with van der Waals surface area (Å²) in [7, 11) is -4.13. The number of hydrogen-bond acceptors (Lipinski definition) is 3. The molecule has 0 bridgehead atoms. The van der Waals surface area contributed by atoms with Crippen LogP contribution in [0.2, 0.25) is 0 Å². The van der Waals surface area contributed by atoms with Gasteiger partial charge in [-0.3, -0.25) is 4.98 Å². The topological polar surface area (TPSA) is 47.0 Å². The van der Waals surface area contributed by atoms with E-state index in [2.05, 4.69) is 4.98 Å². The largest absolute Gasteiger partial charge is 0.416 e. The third-order valence-corrected chi connectivity index (χ3v) is 8.24. The van der Waals surface area contributed by atoms with Crippen LogP contribution in [0.3, 0.4) is 0 Å². The Hall–Kier alpha value is -3.71. The molecule has 0 atom stereocenters. The van der Waals surface area contributed by atoms with Crippen molar-refractivity contribution in [3.8, 4) is 22.4 Å². The van der Waals surface area contributed by atoms with E-state index in [1.165, 1.54) is 6.07 Å². The van der Waals surface area contributed by atoms with Crippen molar-refractivity contribution in [3.63, 3.8) is 0 Å². The first-order valence-electron chi connectivity index (χ1n) is 10.5. The summed E-state index contributed by atoms with van der Waals surface area (Å²) in [6, 6.07) is 19.8. The van der Waals surface area contributed by atoms with E-state index >= 15 is 0 Å². The van der Waals surface area contributed by atoms with Crippen LogP contribution >= 0.6 is 0 Å². The lowest BCUT2D eigenvalue weighted by atomic mass is 9.95. The Kier molecular flexibility index (Phi) is 4.23. The summed E-state index contributed by atoms with van der Waals surface area (Å²) >= 11 is 0. The molecular weight excluding hydrogens is 459 g/mol. The number of rotatable bonds is 1. The summed E-state index contributed by atoms with van der Waals surface area (Å²) in [6.07, 6.45) is -2.94. The quantitative estimate of drug-likeness (QED) is 0.236. The van der Waals surface area contributed by atoms with Crippen molar-refractivity contribution < 1.29 is 21.6 Å². The van der Waals surface area contributed by atoms with E-state index in [0.29, 0.717) is 21.9 Å². The van der Waals surface area contributed by atoms with E-state index in [1.54, 1.807) is 18.3 Å². The number of alkyl halides is 3. The van der Waals surface area contributed by atoms with Gasteiger partial charge in [-0.05, 0) is 42.0 Å². The van der Waals surface area contributed by atoms with Crippen molar-refractivity contribution >= 4 is 31.4 Å². The van der Waals surface area contributed by atoms with Gasteiger partial charge in [-0.15, -0.1) is 0 Å². The number of aromatic nitrogens is 1. The number of hydrogen-bond donors (Lipinski definition) is 0. The summed E-state index contributed by atoms with van der Waals surface area (Å²) in [6.45, 7) is 2.00. The molecular formula is C27H16F3NO2S. The van der Waals surface area contributed by atoms with Gasteiger partial charge in [0.15, 0.2) is 0 Å². The van der Waals surface area contributed by atoms with Gasteiger partial charge in [0.25, 0.3) is 0 Å².